The van der Waals surface area contributed by atoms with Crippen LogP contribution >= 0.6 is 11.6 Å². The van der Waals surface area contributed by atoms with Gasteiger partial charge in [-0.2, -0.15) is 0 Å². The first-order valence-electron chi connectivity index (χ1n) is 8.73. The number of carbonyl (C=O) groups excluding carboxylic acids is 1. The molecule has 0 radical (unpaired) electrons. The van der Waals surface area contributed by atoms with Gasteiger partial charge in [-0.1, -0.05) is 30.7 Å². The van der Waals surface area contributed by atoms with Gasteiger partial charge >= 0.3 is 0 Å². The average molecular weight is 387 g/mol. The van der Waals surface area contributed by atoms with Crippen LogP contribution in [0.2, 0.25) is 5.02 Å². The second-order valence-electron chi connectivity index (χ2n) is 6.28. The molecule has 140 valence electrons. The number of amides is 1. The maximum atomic E-state index is 13.3. The van der Waals surface area contributed by atoms with Crippen molar-refractivity contribution in [2.75, 3.05) is 0 Å². The lowest BCUT2D eigenvalue weighted by molar-refractivity contribution is 0.0937. The molecule has 2 aromatic carbocycles. The Morgan fingerprint density at radius 1 is 1.30 bits per heavy atom. The molecule has 0 saturated heterocycles. The van der Waals surface area contributed by atoms with Crippen molar-refractivity contribution < 1.29 is 9.18 Å². The number of nitrogens with zero attached hydrogens (tertiary/aromatic N) is 3. The summed E-state index contributed by atoms with van der Waals surface area (Å²) in [4.78, 5) is 12.7. The summed E-state index contributed by atoms with van der Waals surface area (Å²) in [6, 6.07) is 11.0. The van der Waals surface area contributed by atoms with Gasteiger partial charge in [0.05, 0.1) is 11.1 Å². The summed E-state index contributed by atoms with van der Waals surface area (Å²) in [5, 5.41) is 11.3. The number of hydrogen-bond donors (Lipinski definition) is 1. The highest BCUT2D eigenvalue weighted by molar-refractivity contribution is 6.33. The van der Waals surface area contributed by atoms with Gasteiger partial charge < -0.3 is 9.88 Å². The minimum atomic E-state index is -0.400. The highest BCUT2D eigenvalue weighted by atomic mass is 35.5. The van der Waals surface area contributed by atoms with E-state index in [1.807, 2.05) is 17.6 Å². The van der Waals surface area contributed by atoms with Crippen LogP contribution in [0.4, 0.5) is 4.39 Å². The molecule has 7 heteroatoms. The second kappa shape index (κ2) is 8.31. The smallest absolute Gasteiger partial charge is 0.251 e. The Hall–Kier alpha value is -2.73. The van der Waals surface area contributed by atoms with E-state index in [-0.39, 0.29) is 11.9 Å². The van der Waals surface area contributed by atoms with Gasteiger partial charge in [0.15, 0.2) is 5.82 Å². The summed E-state index contributed by atoms with van der Waals surface area (Å²) >= 11 is 6.14. The van der Waals surface area contributed by atoms with Crippen molar-refractivity contribution in [3.8, 4) is 11.1 Å². The Bertz CT molecular complexity index is 957. The summed E-state index contributed by atoms with van der Waals surface area (Å²) in [7, 11) is 0. The first-order valence-corrected chi connectivity index (χ1v) is 9.11. The third kappa shape index (κ3) is 4.34. The van der Waals surface area contributed by atoms with E-state index in [4.69, 9.17) is 11.6 Å². The second-order valence-corrected chi connectivity index (χ2v) is 6.69. The minimum Gasteiger partial charge on any atom is -0.342 e. The predicted octanol–water partition coefficient (Wildman–Crippen LogP) is 4.64. The zero-order valence-corrected chi connectivity index (χ0v) is 15.9. The van der Waals surface area contributed by atoms with Crippen LogP contribution in [0.15, 0.2) is 48.8 Å². The Morgan fingerprint density at radius 2 is 2.11 bits per heavy atom. The molecule has 3 rings (SSSR count). The maximum Gasteiger partial charge on any atom is 0.251 e. The standard InChI is InChI=1S/C20H20ClFN4O/c1-3-9-26-12-23-25-19(26)13(2)24-20(27)15-6-4-5-14(10-15)17-8-7-16(22)11-18(17)21/h4-8,10-13H,3,9H2,1-2H3,(H,24,27). The number of nitrogens with one attached hydrogen (secondary N) is 1. The fraction of sp³-hybridized carbons (Fsp3) is 0.250. The number of aromatic nitrogens is 3. The topological polar surface area (TPSA) is 59.8 Å². The van der Waals surface area contributed by atoms with Crippen molar-refractivity contribution in [2.45, 2.75) is 32.9 Å². The first-order chi connectivity index (χ1) is 13.0. The molecular formula is C20H20ClFN4O. The van der Waals surface area contributed by atoms with Crippen molar-refractivity contribution in [3.05, 3.63) is 71.0 Å². The molecule has 1 aromatic heterocycles. The molecule has 0 aliphatic carbocycles. The fourth-order valence-corrected chi connectivity index (χ4v) is 3.18. The van der Waals surface area contributed by atoms with Gasteiger partial charge in [0.1, 0.15) is 12.1 Å². The van der Waals surface area contributed by atoms with Gasteiger partial charge in [-0.25, -0.2) is 4.39 Å². The Kier molecular flexibility index (Phi) is 5.86. The van der Waals surface area contributed by atoms with Crippen LogP contribution < -0.4 is 5.32 Å². The van der Waals surface area contributed by atoms with Gasteiger partial charge in [0, 0.05) is 17.7 Å². The molecule has 0 aliphatic heterocycles. The van der Waals surface area contributed by atoms with E-state index in [1.54, 1.807) is 30.6 Å². The first kappa shape index (κ1) is 19.0. The van der Waals surface area contributed by atoms with E-state index in [2.05, 4.69) is 22.4 Å². The molecule has 3 aromatic rings. The lowest BCUT2D eigenvalue weighted by Gasteiger charge is -2.15. The molecule has 1 N–H and O–H groups in total. The maximum absolute atomic E-state index is 13.3. The normalized spacial score (nSPS) is 12.0. The highest BCUT2D eigenvalue weighted by Crippen LogP contribution is 2.29. The van der Waals surface area contributed by atoms with Crippen LogP contribution in [0.25, 0.3) is 11.1 Å². The molecule has 1 atom stereocenters. The number of halogens is 2. The van der Waals surface area contributed by atoms with E-state index in [0.29, 0.717) is 22.0 Å². The van der Waals surface area contributed by atoms with Crippen LogP contribution in [0, 0.1) is 5.82 Å². The highest BCUT2D eigenvalue weighted by Gasteiger charge is 2.17. The quantitative estimate of drug-likeness (QED) is 0.671. The average Bonchev–Trinajstić information content (AvgIpc) is 3.10. The van der Waals surface area contributed by atoms with Crippen molar-refractivity contribution in [2.24, 2.45) is 0 Å². The fourth-order valence-electron chi connectivity index (χ4n) is 2.91. The summed E-state index contributed by atoms with van der Waals surface area (Å²) in [6.07, 6.45) is 2.62. The zero-order valence-electron chi connectivity index (χ0n) is 15.1. The molecule has 0 aliphatic rings. The summed E-state index contributed by atoms with van der Waals surface area (Å²) in [5.74, 6) is 0.0826. The van der Waals surface area contributed by atoms with Crippen molar-refractivity contribution in [1.82, 2.24) is 20.1 Å². The van der Waals surface area contributed by atoms with Crippen LogP contribution in [0.5, 0.6) is 0 Å². The lowest BCUT2D eigenvalue weighted by Crippen LogP contribution is -2.28. The van der Waals surface area contributed by atoms with Crippen molar-refractivity contribution in [3.63, 3.8) is 0 Å². The van der Waals surface area contributed by atoms with E-state index in [1.165, 1.54) is 12.1 Å². The van der Waals surface area contributed by atoms with E-state index < -0.39 is 5.82 Å². The molecule has 1 heterocycles. The van der Waals surface area contributed by atoms with Crippen LogP contribution in [-0.2, 0) is 6.54 Å². The van der Waals surface area contributed by atoms with Crippen LogP contribution in [0.3, 0.4) is 0 Å². The SMILES string of the molecule is CCCn1cnnc1C(C)NC(=O)c1cccc(-c2ccc(F)cc2Cl)c1. The van der Waals surface area contributed by atoms with E-state index in [9.17, 15) is 9.18 Å². The summed E-state index contributed by atoms with van der Waals surface area (Å²) < 4.78 is 15.2. The largest absolute Gasteiger partial charge is 0.342 e. The minimum absolute atomic E-state index is 0.228. The third-order valence-electron chi connectivity index (χ3n) is 4.21. The molecule has 0 bridgehead atoms. The van der Waals surface area contributed by atoms with Gasteiger partial charge in [0.25, 0.3) is 5.91 Å². The number of rotatable bonds is 6. The summed E-state index contributed by atoms with van der Waals surface area (Å²) in [6.45, 7) is 4.73. The van der Waals surface area contributed by atoms with Crippen molar-refractivity contribution in [1.29, 1.82) is 0 Å². The zero-order chi connectivity index (χ0) is 19.4. The van der Waals surface area contributed by atoms with Gasteiger partial charge in [-0.15, -0.1) is 10.2 Å². The molecule has 0 fully saturated rings. The molecule has 5 nitrogen and oxygen atoms in total. The van der Waals surface area contributed by atoms with E-state index in [0.717, 1.165) is 18.5 Å². The lowest BCUT2D eigenvalue weighted by atomic mass is 10.0. The molecule has 0 spiro atoms. The number of hydrogen-bond acceptors (Lipinski definition) is 3. The molecule has 27 heavy (non-hydrogen) atoms. The van der Waals surface area contributed by atoms with Crippen LogP contribution in [0.1, 0.15) is 42.5 Å². The predicted molar refractivity (Wildman–Crippen MR) is 103 cm³/mol. The van der Waals surface area contributed by atoms with Gasteiger partial charge in [-0.3, -0.25) is 4.79 Å². The number of carbonyl (C=O) groups is 1. The van der Waals surface area contributed by atoms with Gasteiger partial charge in [0.2, 0.25) is 0 Å². The van der Waals surface area contributed by atoms with Gasteiger partial charge in [-0.05, 0) is 49.2 Å². The number of aryl methyl sites for hydroxylation is 1. The molecule has 1 unspecified atom stereocenters. The summed E-state index contributed by atoms with van der Waals surface area (Å²) in [5.41, 5.74) is 1.90. The van der Waals surface area contributed by atoms with E-state index >= 15 is 0 Å². The van der Waals surface area contributed by atoms with Crippen LogP contribution in [-0.4, -0.2) is 20.7 Å². The Balaban J connectivity index is 1.80. The Morgan fingerprint density at radius 3 is 2.85 bits per heavy atom. The number of benzene rings is 2. The molecule has 0 saturated carbocycles. The molecule has 1 amide bonds. The third-order valence-corrected chi connectivity index (χ3v) is 4.52. The van der Waals surface area contributed by atoms with Crippen molar-refractivity contribution >= 4 is 17.5 Å². The monoisotopic (exact) mass is 386 g/mol. The Labute approximate surface area is 162 Å². The molecular weight excluding hydrogens is 367 g/mol.